The van der Waals surface area contributed by atoms with Crippen LogP contribution >= 0.6 is 0 Å². The van der Waals surface area contributed by atoms with Gasteiger partial charge >= 0.3 is 0 Å². The van der Waals surface area contributed by atoms with Gasteiger partial charge in [-0.3, -0.25) is 0 Å². The molecule has 1 fully saturated rings. The molecule has 0 radical (unpaired) electrons. The van der Waals surface area contributed by atoms with Crippen molar-refractivity contribution in [2.75, 3.05) is 13.1 Å². The van der Waals surface area contributed by atoms with Gasteiger partial charge in [-0.25, -0.2) is 0 Å². The lowest BCUT2D eigenvalue weighted by Crippen LogP contribution is -2.28. The van der Waals surface area contributed by atoms with Gasteiger partial charge in [-0.15, -0.1) is 0 Å². The molecule has 1 aromatic heterocycles. The van der Waals surface area contributed by atoms with Crippen molar-refractivity contribution < 1.29 is 9.63 Å². The molecule has 0 unspecified atom stereocenters. The Kier molecular flexibility index (Phi) is 2.98. The van der Waals surface area contributed by atoms with E-state index in [1.807, 2.05) is 6.07 Å². The van der Waals surface area contributed by atoms with Crippen LogP contribution in [0.2, 0.25) is 0 Å². The fraction of sp³-hybridized carbons (Fsp3) is 0.385. The van der Waals surface area contributed by atoms with Crippen molar-refractivity contribution in [2.24, 2.45) is 0 Å². The molecule has 2 aromatic rings. The lowest BCUT2D eigenvalue weighted by Gasteiger charge is -2.18. The molecule has 1 atom stereocenters. The second-order valence-corrected chi connectivity index (χ2v) is 4.55. The van der Waals surface area contributed by atoms with Crippen LogP contribution in [0.4, 0.5) is 0 Å². The Hall–Kier alpha value is -1.88. The van der Waals surface area contributed by atoms with E-state index in [4.69, 9.17) is 4.52 Å². The summed E-state index contributed by atoms with van der Waals surface area (Å²) in [6.45, 7) is 1.95. The molecule has 2 N–H and O–H groups in total. The van der Waals surface area contributed by atoms with Gasteiger partial charge in [0.1, 0.15) is 5.75 Å². The van der Waals surface area contributed by atoms with Crippen molar-refractivity contribution in [1.29, 1.82) is 0 Å². The number of nitrogens with zero attached hydrogens (tertiary/aromatic N) is 2. The Morgan fingerprint density at radius 2 is 2.33 bits per heavy atom. The Balaban J connectivity index is 1.84. The summed E-state index contributed by atoms with van der Waals surface area (Å²) in [4.78, 5) is 4.42. The number of nitrogens with one attached hydrogen (secondary N) is 1. The van der Waals surface area contributed by atoms with Crippen LogP contribution in [0, 0.1) is 0 Å². The van der Waals surface area contributed by atoms with Crippen molar-refractivity contribution in [3.8, 4) is 17.1 Å². The lowest BCUT2D eigenvalue weighted by molar-refractivity contribution is 0.322. The Morgan fingerprint density at radius 1 is 1.39 bits per heavy atom. The molecule has 5 heteroatoms. The fourth-order valence-electron chi connectivity index (χ4n) is 2.23. The monoisotopic (exact) mass is 245 g/mol. The van der Waals surface area contributed by atoms with Gasteiger partial charge in [0.15, 0.2) is 0 Å². The van der Waals surface area contributed by atoms with Crippen molar-refractivity contribution in [2.45, 2.75) is 18.8 Å². The van der Waals surface area contributed by atoms with Gasteiger partial charge in [-0.1, -0.05) is 17.3 Å². The first-order valence-electron chi connectivity index (χ1n) is 6.16. The van der Waals surface area contributed by atoms with Crippen LogP contribution in [0.3, 0.4) is 0 Å². The quantitative estimate of drug-likeness (QED) is 0.845. The van der Waals surface area contributed by atoms with E-state index in [9.17, 15) is 5.11 Å². The number of rotatable bonds is 2. The Labute approximate surface area is 105 Å². The number of benzene rings is 1. The summed E-state index contributed by atoms with van der Waals surface area (Å²) in [5.74, 6) is 1.72. The average Bonchev–Trinajstić information content (AvgIpc) is 2.89. The molecule has 0 saturated carbocycles. The maximum atomic E-state index is 9.43. The number of hydrogen-bond acceptors (Lipinski definition) is 5. The molecule has 18 heavy (non-hydrogen) atoms. The topological polar surface area (TPSA) is 71.2 Å². The third-order valence-corrected chi connectivity index (χ3v) is 3.19. The van der Waals surface area contributed by atoms with E-state index in [0.717, 1.165) is 31.5 Å². The molecule has 0 bridgehead atoms. The first kappa shape index (κ1) is 11.2. The number of phenolic OH excluding ortho intramolecular Hbond substituents is 1. The number of aromatic hydroxyl groups is 1. The molecule has 94 valence electrons. The molecule has 1 aliphatic rings. The Morgan fingerprint density at radius 3 is 3.11 bits per heavy atom. The largest absolute Gasteiger partial charge is 0.508 e. The summed E-state index contributed by atoms with van der Waals surface area (Å²) in [5, 5.41) is 16.7. The number of aromatic nitrogens is 2. The van der Waals surface area contributed by atoms with Gasteiger partial charge in [0.2, 0.25) is 11.7 Å². The van der Waals surface area contributed by atoms with E-state index in [2.05, 4.69) is 15.5 Å². The molecular weight excluding hydrogens is 230 g/mol. The predicted octanol–water partition coefficient (Wildman–Crippen LogP) is 1.91. The molecule has 0 aliphatic carbocycles. The third-order valence-electron chi connectivity index (χ3n) is 3.19. The molecule has 3 rings (SSSR count). The van der Waals surface area contributed by atoms with Crippen LogP contribution in [0.15, 0.2) is 28.8 Å². The molecule has 0 spiro atoms. The van der Waals surface area contributed by atoms with Crippen molar-refractivity contribution in [3.63, 3.8) is 0 Å². The second kappa shape index (κ2) is 4.78. The predicted molar refractivity (Wildman–Crippen MR) is 66.2 cm³/mol. The van der Waals surface area contributed by atoms with Crippen LogP contribution in [-0.4, -0.2) is 28.3 Å². The standard InChI is InChI=1S/C13H15N3O2/c17-11-5-1-3-9(7-11)12-15-13(18-16-12)10-4-2-6-14-8-10/h1,3,5,7,10,14,17H,2,4,6,8H2/t10-/m0/s1. The average molecular weight is 245 g/mol. The summed E-state index contributed by atoms with van der Waals surface area (Å²) in [5.41, 5.74) is 0.772. The Bertz CT molecular complexity index is 533. The maximum absolute atomic E-state index is 9.43. The van der Waals surface area contributed by atoms with Crippen LogP contribution < -0.4 is 5.32 Å². The molecule has 0 amide bonds. The lowest BCUT2D eigenvalue weighted by atomic mass is 10.00. The van der Waals surface area contributed by atoms with Gasteiger partial charge in [0.05, 0.1) is 5.92 Å². The first-order valence-corrected chi connectivity index (χ1v) is 6.16. The van der Waals surface area contributed by atoms with E-state index >= 15 is 0 Å². The van der Waals surface area contributed by atoms with E-state index in [1.165, 1.54) is 0 Å². The van der Waals surface area contributed by atoms with E-state index in [-0.39, 0.29) is 5.75 Å². The van der Waals surface area contributed by atoms with E-state index < -0.39 is 0 Å². The minimum Gasteiger partial charge on any atom is -0.508 e. The van der Waals surface area contributed by atoms with Gasteiger partial charge < -0.3 is 14.9 Å². The zero-order valence-electron chi connectivity index (χ0n) is 9.97. The van der Waals surface area contributed by atoms with Crippen molar-refractivity contribution >= 4 is 0 Å². The fourth-order valence-corrected chi connectivity index (χ4v) is 2.23. The first-order chi connectivity index (χ1) is 8.83. The maximum Gasteiger partial charge on any atom is 0.231 e. The smallest absolute Gasteiger partial charge is 0.231 e. The highest BCUT2D eigenvalue weighted by atomic mass is 16.5. The van der Waals surface area contributed by atoms with Crippen LogP contribution in [-0.2, 0) is 0 Å². The molecular formula is C13H15N3O2. The summed E-state index contributed by atoms with van der Waals surface area (Å²) < 4.78 is 5.32. The van der Waals surface area contributed by atoms with Gasteiger partial charge in [-0.05, 0) is 31.5 Å². The highest BCUT2D eigenvalue weighted by Gasteiger charge is 2.21. The van der Waals surface area contributed by atoms with E-state index in [1.54, 1.807) is 18.2 Å². The summed E-state index contributed by atoms with van der Waals surface area (Å²) in [6, 6.07) is 6.87. The molecule has 1 aliphatic heterocycles. The van der Waals surface area contributed by atoms with Gasteiger partial charge in [0, 0.05) is 12.1 Å². The molecule has 5 nitrogen and oxygen atoms in total. The normalized spacial score (nSPS) is 19.9. The molecule has 2 heterocycles. The minimum absolute atomic E-state index is 0.207. The van der Waals surface area contributed by atoms with E-state index in [0.29, 0.717) is 17.6 Å². The minimum atomic E-state index is 0.207. The zero-order chi connectivity index (χ0) is 12.4. The van der Waals surface area contributed by atoms with Crippen LogP contribution in [0.5, 0.6) is 5.75 Å². The summed E-state index contributed by atoms with van der Waals surface area (Å²) >= 11 is 0. The number of hydrogen-bond donors (Lipinski definition) is 2. The van der Waals surface area contributed by atoms with Gasteiger partial charge in [0.25, 0.3) is 0 Å². The van der Waals surface area contributed by atoms with Gasteiger partial charge in [-0.2, -0.15) is 4.98 Å². The summed E-state index contributed by atoms with van der Waals surface area (Å²) in [6.07, 6.45) is 2.21. The number of phenols is 1. The highest BCUT2D eigenvalue weighted by Crippen LogP contribution is 2.25. The number of piperidine rings is 1. The van der Waals surface area contributed by atoms with Crippen molar-refractivity contribution in [1.82, 2.24) is 15.5 Å². The van der Waals surface area contributed by atoms with Crippen LogP contribution in [0.1, 0.15) is 24.7 Å². The zero-order valence-corrected chi connectivity index (χ0v) is 9.97. The second-order valence-electron chi connectivity index (χ2n) is 4.55. The van der Waals surface area contributed by atoms with Crippen LogP contribution in [0.25, 0.3) is 11.4 Å². The molecule has 1 saturated heterocycles. The third kappa shape index (κ3) is 2.22. The molecule has 1 aromatic carbocycles. The SMILES string of the molecule is Oc1cccc(-c2noc([C@H]3CCCNC3)n2)c1. The van der Waals surface area contributed by atoms with Crippen molar-refractivity contribution in [3.05, 3.63) is 30.2 Å². The summed E-state index contributed by atoms with van der Waals surface area (Å²) in [7, 11) is 0. The highest BCUT2D eigenvalue weighted by molar-refractivity contribution is 5.56.